The number of hydrogen-bond donors (Lipinski definition) is 1. The lowest BCUT2D eigenvalue weighted by Gasteiger charge is -2.10. The van der Waals surface area contributed by atoms with Crippen molar-refractivity contribution in [2.75, 3.05) is 26.1 Å². The number of ether oxygens (including phenoxy) is 4. The highest BCUT2D eigenvalue weighted by atomic mass is 19.3. The third-order valence-corrected chi connectivity index (χ3v) is 3.84. The summed E-state index contributed by atoms with van der Waals surface area (Å²) in [6.45, 7) is -3.72. The number of hydrogen-bond acceptors (Lipinski definition) is 8. The standard InChI is InChI=1S/C20H18F2N2O8/c1-29-13-5-6-14(15(10-13)24(27)28)23-18(25)11-31-19(26)8-4-12-3-7-16(32-20(21)22)17(9-12)30-2/h3-10,20H,11H2,1-2H3,(H,23,25)/b8-4+. The highest BCUT2D eigenvalue weighted by Gasteiger charge is 2.18. The topological polar surface area (TPSA) is 126 Å². The fourth-order valence-electron chi connectivity index (χ4n) is 2.41. The van der Waals surface area contributed by atoms with Crippen LogP contribution >= 0.6 is 0 Å². The van der Waals surface area contributed by atoms with Gasteiger partial charge in [-0.05, 0) is 35.9 Å². The molecule has 0 aliphatic rings. The first-order chi connectivity index (χ1) is 15.2. The number of amides is 1. The number of nitro groups is 1. The van der Waals surface area contributed by atoms with Crippen LogP contribution in [0, 0.1) is 10.1 Å². The number of nitrogens with zero attached hydrogens (tertiary/aromatic N) is 1. The van der Waals surface area contributed by atoms with Gasteiger partial charge in [0, 0.05) is 6.08 Å². The number of nitrogens with one attached hydrogen (secondary N) is 1. The predicted octanol–water partition coefficient (Wildman–Crippen LogP) is 3.41. The van der Waals surface area contributed by atoms with Gasteiger partial charge in [-0.3, -0.25) is 14.9 Å². The monoisotopic (exact) mass is 452 g/mol. The zero-order valence-electron chi connectivity index (χ0n) is 16.9. The normalized spacial score (nSPS) is 10.7. The van der Waals surface area contributed by atoms with E-state index in [0.29, 0.717) is 5.56 Å². The smallest absolute Gasteiger partial charge is 0.387 e. The molecule has 0 aliphatic carbocycles. The van der Waals surface area contributed by atoms with Gasteiger partial charge < -0.3 is 24.3 Å². The third-order valence-electron chi connectivity index (χ3n) is 3.84. The average molecular weight is 452 g/mol. The quantitative estimate of drug-likeness (QED) is 0.252. The van der Waals surface area contributed by atoms with Gasteiger partial charge in [0.25, 0.3) is 11.6 Å². The second-order valence-electron chi connectivity index (χ2n) is 5.92. The van der Waals surface area contributed by atoms with Gasteiger partial charge in [0.1, 0.15) is 11.4 Å². The Bertz CT molecular complexity index is 1030. The van der Waals surface area contributed by atoms with E-state index in [1.165, 1.54) is 50.6 Å². The molecule has 0 unspecified atom stereocenters. The Hall–Kier alpha value is -4.22. The number of carbonyl (C=O) groups is 2. The van der Waals surface area contributed by atoms with Crippen molar-refractivity contribution in [3.63, 3.8) is 0 Å². The Balaban J connectivity index is 1.95. The number of nitro benzene ring substituents is 1. The van der Waals surface area contributed by atoms with Crippen molar-refractivity contribution in [3.05, 3.63) is 58.2 Å². The maximum absolute atomic E-state index is 12.4. The number of alkyl halides is 2. The molecule has 1 amide bonds. The van der Waals surface area contributed by atoms with E-state index in [2.05, 4.69) is 10.1 Å². The van der Waals surface area contributed by atoms with Crippen LogP contribution in [0.25, 0.3) is 6.08 Å². The Labute approximate surface area is 180 Å². The number of halogens is 2. The summed E-state index contributed by atoms with van der Waals surface area (Å²) in [4.78, 5) is 34.2. The summed E-state index contributed by atoms with van der Waals surface area (Å²) in [5, 5.41) is 13.4. The minimum atomic E-state index is -3.02. The second kappa shape index (κ2) is 11.2. The van der Waals surface area contributed by atoms with E-state index in [1.807, 2.05) is 0 Å². The zero-order chi connectivity index (χ0) is 23.7. The van der Waals surface area contributed by atoms with Crippen LogP contribution in [-0.2, 0) is 14.3 Å². The molecule has 0 bridgehead atoms. The van der Waals surface area contributed by atoms with E-state index in [1.54, 1.807) is 0 Å². The Morgan fingerprint density at radius 3 is 2.50 bits per heavy atom. The molecule has 0 radical (unpaired) electrons. The number of benzene rings is 2. The van der Waals surface area contributed by atoms with Gasteiger partial charge in [-0.15, -0.1) is 0 Å². The van der Waals surface area contributed by atoms with E-state index in [9.17, 15) is 28.5 Å². The van der Waals surface area contributed by atoms with Crippen LogP contribution in [0.3, 0.4) is 0 Å². The van der Waals surface area contributed by atoms with Gasteiger partial charge >= 0.3 is 12.6 Å². The van der Waals surface area contributed by atoms with Crippen LogP contribution in [0.2, 0.25) is 0 Å². The molecule has 170 valence electrons. The lowest BCUT2D eigenvalue weighted by atomic mass is 10.2. The van der Waals surface area contributed by atoms with Crippen molar-refractivity contribution >= 4 is 29.3 Å². The number of anilines is 1. The Morgan fingerprint density at radius 2 is 1.88 bits per heavy atom. The highest BCUT2D eigenvalue weighted by molar-refractivity contribution is 5.96. The minimum absolute atomic E-state index is 0.0290. The first-order valence-corrected chi connectivity index (χ1v) is 8.83. The molecule has 0 saturated carbocycles. The van der Waals surface area contributed by atoms with E-state index >= 15 is 0 Å². The fraction of sp³-hybridized carbons (Fsp3) is 0.200. The molecule has 1 N–H and O–H groups in total. The molecule has 2 aromatic rings. The fourth-order valence-corrected chi connectivity index (χ4v) is 2.41. The molecule has 0 spiro atoms. The van der Waals surface area contributed by atoms with Gasteiger partial charge in [0.2, 0.25) is 0 Å². The van der Waals surface area contributed by atoms with E-state index in [-0.39, 0.29) is 22.9 Å². The summed E-state index contributed by atoms with van der Waals surface area (Å²) in [7, 11) is 2.60. The van der Waals surface area contributed by atoms with Crippen LogP contribution in [0.5, 0.6) is 17.2 Å². The molecule has 2 rings (SSSR count). The van der Waals surface area contributed by atoms with Gasteiger partial charge in [0.15, 0.2) is 18.1 Å². The third kappa shape index (κ3) is 6.93. The van der Waals surface area contributed by atoms with E-state index < -0.39 is 35.7 Å². The van der Waals surface area contributed by atoms with Crippen LogP contribution in [0.4, 0.5) is 20.2 Å². The molecular formula is C20H18F2N2O8. The second-order valence-corrected chi connectivity index (χ2v) is 5.92. The van der Waals surface area contributed by atoms with Crippen molar-refractivity contribution in [3.8, 4) is 17.2 Å². The largest absolute Gasteiger partial charge is 0.496 e. The Morgan fingerprint density at radius 1 is 1.12 bits per heavy atom. The van der Waals surface area contributed by atoms with Crippen molar-refractivity contribution in [1.82, 2.24) is 0 Å². The summed E-state index contributed by atoms with van der Waals surface area (Å²) in [5.41, 5.74) is -0.0681. The van der Waals surface area contributed by atoms with Gasteiger partial charge in [0.05, 0.1) is 25.2 Å². The lowest BCUT2D eigenvalue weighted by Crippen LogP contribution is -2.20. The lowest BCUT2D eigenvalue weighted by molar-refractivity contribution is -0.384. The molecule has 2 aromatic carbocycles. The van der Waals surface area contributed by atoms with Crippen molar-refractivity contribution in [1.29, 1.82) is 0 Å². The van der Waals surface area contributed by atoms with Crippen LogP contribution in [0.1, 0.15) is 5.56 Å². The van der Waals surface area contributed by atoms with Crippen molar-refractivity contribution in [2.24, 2.45) is 0 Å². The van der Waals surface area contributed by atoms with Gasteiger partial charge in [-0.25, -0.2) is 4.79 Å². The molecule has 0 fully saturated rings. The number of carbonyl (C=O) groups excluding carboxylic acids is 2. The van der Waals surface area contributed by atoms with Crippen LogP contribution in [0.15, 0.2) is 42.5 Å². The Kier molecular flexibility index (Phi) is 8.45. The molecular weight excluding hydrogens is 434 g/mol. The summed E-state index contributed by atoms with van der Waals surface area (Å²) in [6, 6.07) is 7.84. The van der Waals surface area contributed by atoms with Crippen LogP contribution < -0.4 is 19.5 Å². The average Bonchev–Trinajstić information content (AvgIpc) is 2.76. The van der Waals surface area contributed by atoms with E-state index in [4.69, 9.17) is 14.2 Å². The summed E-state index contributed by atoms with van der Waals surface area (Å²) in [6.07, 6.45) is 2.31. The first-order valence-electron chi connectivity index (χ1n) is 8.83. The predicted molar refractivity (Wildman–Crippen MR) is 108 cm³/mol. The maximum Gasteiger partial charge on any atom is 0.387 e. The molecule has 10 nitrogen and oxygen atoms in total. The van der Waals surface area contributed by atoms with Crippen molar-refractivity contribution in [2.45, 2.75) is 6.61 Å². The van der Waals surface area contributed by atoms with Gasteiger partial charge in [-0.1, -0.05) is 6.07 Å². The van der Waals surface area contributed by atoms with Crippen molar-refractivity contribution < 1.29 is 42.2 Å². The minimum Gasteiger partial charge on any atom is -0.496 e. The number of methoxy groups -OCH3 is 2. The summed E-state index contributed by atoms with van der Waals surface area (Å²) >= 11 is 0. The highest BCUT2D eigenvalue weighted by Crippen LogP contribution is 2.30. The molecule has 0 saturated heterocycles. The zero-order valence-corrected chi connectivity index (χ0v) is 16.9. The first kappa shape index (κ1) is 24.1. The number of esters is 1. The SMILES string of the molecule is COc1ccc(NC(=O)COC(=O)/C=C/c2ccc(OC(F)F)c(OC)c2)c([N+](=O)[O-])c1. The molecule has 32 heavy (non-hydrogen) atoms. The number of rotatable bonds is 10. The van der Waals surface area contributed by atoms with E-state index in [0.717, 1.165) is 12.1 Å². The summed E-state index contributed by atoms with van der Waals surface area (Å²) < 4.78 is 43.6. The molecule has 0 aliphatic heterocycles. The molecule has 0 aromatic heterocycles. The molecule has 12 heteroatoms. The summed E-state index contributed by atoms with van der Waals surface area (Å²) in [5.74, 6) is -1.59. The molecule has 0 atom stereocenters. The molecule has 0 heterocycles. The maximum atomic E-state index is 12.4. The van der Waals surface area contributed by atoms with Crippen LogP contribution in [-0.4, -0.2) is 44.2 Å². The van der Waals surface area contributed by atoms with Gasteiger partial charge in [-0.2, -0.15) is 8.78 Å².